The lowest BCUT2D eigenvalue weighted by molar-refractivity contribution is 0.519. The number of rotatable bonds is 7. The molecule has 4 heterocycles. The number of para-hydroxylation sites is 2. The molecule has 0 spiro atoms. The fraction of sp³-hybridized carbons (Fsp3) is 0.0299. The largest absolute Gasteiger partial charge is 0.354 e. The van der Waals surface area contributed by atoms with E-state index in [4.69, 9.17) is 15.0 Å². The van der Waals surface area contributed by atoms with Gasteiger partial charge in [0.1, 0.15) is 0 Å². The summed E-state index contributed by atoms with van der Waals surface area (Å²) in [6.45, 7) is 0. The summed E-state index contributed by atoms with van der Waals surface area (Å²) in [6, 6.07) is 85.5. The van der Waals surface area contributed by atoms with Gasteiger partial charge < -0.3 is 4.98 Å². The molecule has 0 bridgehead atoms. The first-order chi connectivity index (χ1) is 36.7. The van der Waals surface area contributed by atoms with Crippen molar-refractivity contribution in [1.82, 2.24) is 19.9 Å². The molecule has 1 N–H and O–H groups in total. The van der Waals surface area contributed by atoms with Gasteiger partial charge >= 0.3 is 0 Å². The van der Waals surface area contributed by atoms with Gasteiger partial charge in [0.25, 0.3) is 0 Å². The Hall–Kier alpha value is -9.85. The molecule has 10 aromatic carbocycles. The molecule has 0 amide bonds. The minimum Gasteiger partial charge on any atom is -0.354 e. The fourth-order valence-corrected chi connectivity index (χ4v) is 12.2. The monoisotopic (exact) mass is 947 g/mol. The predicted molar refractivity (Wildman–Crippen MR) is 304 cm³/mol. The Balaban J connectivity index is 1.23. The van der Waals surface area contributed by atoms with Gasteiger partial charge in [-0.05, 0) is 104 Å². The first-order valence-corrected chi connectivity index (χ1v) is 25.2. The highest BCUT2D eigenvalue weighted by Gasteiger charge is 2.58. The highest BCUT2D eigenvalue weighted by atomic mass is 15.9. The first-order valence-electron chi connectivity index (χ1n) is 25.2. The summed E-state index contributed by atoms with van der Waals surface area (Å²) in [5.74, 6) is 0.585. The molecule has 7 heteroatoms. The number of nitrogens with zero attached hydrogens (tertiary/aromatic N) is 6. The summed E-state index contributed by atoms with van der Waals surface area (Å²) in [7, 11) is 0. The van der Waals surface area contributed by atoms with E-state index < -0.39 is 5.54 Å². The van der Waals surface area contributed by atoms with Crippen LogP contribution in [0.25, 0.3) is 76.5 Å². The molecule has 7 nitrogen and oxygen atoms in total. The number of hydrogen-bond acceptors (Lipinski definition) is 6. The van der Waals surface area contributed by atoms with E-state index in [2.05, 4.69) is 245 Å². The van der Waals surface area contributed by atoms with Crippen molar-refractivity contribution in [2.75, 3.05) is 15.1 Å². The highest BCUT2D eigenvalue weighted by molar-refractivity contribution is 6.17. The molecular formula is C67H45N7. The minimum atomic E-state index is -1.35. The Morgan fingerprint density at radius 1 is 0.419 bits per heavy atom. The molecule has 2 aliphatic rings. The van der Waals surface area contributed by atoms with Gasteiger partial charge in [-0.25, -0.2) is 20.0 Å². The second-order valence-electron chi connectivity index (χ2n) is 19.2. The number of aromatic amines is 1. The Labute approximate surface area is 427 Å². The van der Waals surface area contributed by atoms with E-state index >= 15 is 0 Å². The Morgan fingerprint density at radius 2 is 1.04 bits per heavy atom. The number of hydrazine groups is 2. The van der Waals surface area contributed by atoms with Gasteiger partial charge in [-0.3, -0.25) is 4.98 Å². The third-order valence-corrected chi connectivity index (χ3v) is 15.3. The minimum absolute atomic E-state index is 0.585. The average Bonchev–Trinajstić information content (AvgIpc) is 4.15. The van der Waals surface area contributed by atoms with Crippen LogP contribution in [0.15, 0.2) is 255 Å². The lowest BCUT2D eigenvalue weighted by atomic mass is 9.75. The van der Waals surface area contributed by atoms with E-state index in [1.54, 1.807) is 0 Å². The second kappa shape index (κ2) is 16.6. The van der Waals surface area contributed by atoms with Gasteiger partial charge in [-0.2, -0.15) is 5.12 Å². The summed E-state index contributed by atoms with van der Waals surface area (Å²) in [5.41, 5.74) is 13.2. The molecule has 0 saturated carbocycles. The standard InChI is InChI=1S/C67H45N7/c1-2-25-49(26-3-1)67(66-69-39-18-40-70-66)63(59-34-12-13-38-68-59)65(55-32-16-31-54-53-29-10-11-33-58(53)71-64(54)55)72(60-35-17-30-52-50-27-8-7-22-48(50)43-57(52)60)74(73(67)61-36-14-23-44-19-6-9-28-51(44)61)62-37-15-24-47-41-45-20-4-5-21-46(45)42-56(47)62/h1-42,71H,43H2. The SMILES string of the molecule is c1ccc(C2(c3ncccn3)C(c3ccccn3)=C(c3cccc4c3[nH]c3ccccc34)N(c3cccc4c3Cc3ccccc3-4)N(c3cccc4cc5ccccc5cc34)N2c2cccc3ccccc23)cc1. The zero-order valence-electron chi connectivity index (χ0n) is 40.1. The molecule has 15 rings (SSSR count). The number of nitrogens with one attached hydrogen (secondary N) is 1. The van der Waals surface area contributed by atoms with E-state index in [-0.39, 0.29) is 0 Å². The molecule has 0 saturated heterocycles. The van der Waals surface area contributed by atoms with Gasteiger partial charge in [0.05, 0.1) is 34.0 Å². The lowest BCUT2D eigenvalue weighted by Gasteiger charge is -2.59. The van der Waals surface area contributed by atoms with Crippen LogP contribution in [0, 0.1) is 0 Å². The van der Waals surface area contributed by atoms with Crippen molar-refractivity contribution >= 4 is 82.5 Å². The Bertz CT molecular complexity index is 4330. The number of aromatic nitrogens is 4. The fourth-order valence-electron chi connectivity index (χ4n) is 12.2. The van der Waals surface area contributed by atoms with E-state index in [9.17, 15) is 0 Å². The maximum absolute atomic E-state index is 5.46. The van der Waals surface area contributed by atoms with Crippen LogP contribution < -0.4 is 15.1 Å². The second-order valence-corrected chi connectivity index (χ2v) is 19.2. The van der Waals surface area contributed by atoms with Crippen LogP contribution in [0.2, 0.25) is 0 Å². The molecule has 74 heavy (non-hydrogen) atoms. The summed E-state index contributed by atoms with van der Waals surface area (Å²) < 4.78 is 0. The zero-order chi connectivity index (χ0) is 48.7. The zero-order valence-corrected chi connectivity index (χ0v) is 40.1. The molecule has 1 aliphatic heterocycles. The molecule has 0 fully saturated rings. The van der Waals surface area contributed by atoms with Crippen molar-refractivity contribution in [2.45, 2.75) is 12.0 Å². The molecule has 13 aromatic rings. The van der Waals surface area contributed by atoms with E-state index in [1.807, 2.05) is 30.7 Å². The maximum atomic E-state index is 5.46. The third-order valence-electron chi connectivity index (χ3n) is 15.3. The van der Waals surface area contributed by atoms with Crippen molar-refractivity contribution < 1.29 is 0 Å². The molecule has 1 atom stereocenters. The number of hydrogen-bond donors (Lipinski definition) is 1. The van der Waals surface area contributed by atoms with Crippen LogP contribution in [0.5, 0.6) is 0 Å². The van der Waals surface area contributed by atoms with Crippen LogP contribution >= 0.6 is 0 Å². The third kappa shape index (κ3) is 6.17. The lowest BCUT2D eigenvalue weighted by Crippen LogP contribution is -2.67. The predicted octanol–water partition coefficient (Wildman–Crippen LogP) is 15.7. The number of fused-ring (bicyclic) bond motifs is 9. The molecular weight excluding hydrogens is 903 g/mol. The van der Waals surface area contributed by atoms with Crippen LogP contribution in [0.4, 0.5) is 17.1 Å². The number of pyridine rings is 1. The van der Waals surface area contributed by atoms with Crippen LogP contribution in [0.3, 0.4) is 0 Å². The van der Waals surface area contributed by atoms with Crippen molar-refractivity contribution in [2.24, 2.45) is 0 Å². The highest BCUT2D eigenvalue weighted by Crippen LogP contribution is 2.59. The van der Waals surface area contributed by atoms with Gasteiger partial charge in [-0.1, -0.05) is 182 Å². The first kappa shape index (κ1) is 41.9. The average molecular weight is 948 g/mol. The van der Waals surface area contributed by atoms with E-state index in [1.165, 1.54) is 27.6 Å². The molecule has 3 aromatic heterocycles. The van der Waals surface area contributed by atoms with Crippen molar-refractivity contribution in [3.63, 3.8) is 0 Å². The number of anilines is 3. The summed E-state index contributed by atoms with van der Waals surface area (Å²) in [6.07, 6.45) is 6.42. The number of H-pyrrole nitrogens is 1. The summed E-state index contributed by atoms with van der Waals surface area (Å²) in [4.78, 5) is 20.4. The summed E-state index contributed by atoms with van der Waals surface area (Å²) in [5, 5.41) is 16.5. The van der Waals surface area contributed by atoms with Crippen molar-refractivity contribution in [1.29, 1.82) is 0 Å². The molecule has 1 aliphatic carbocycles. The Kier molecular flexibility index (Phi) is 9.41. The Morgan fingerprint density at radius 3 is 1.89 bits per heavy atom. The van der Waals surface area contributed by atoms with Gasteiger partial charge in [0, 0.05) is 63.2 Å². The topological polar surface area (TPSA) is 64.2 Å². The van der Waals surface area contributed by atoms with Crippen LogP contribution in [0.1, 0.15) is 33.8 Å². The smallest absolute Gasteiger partial charge is 0.177 e. The molecule has 0 radical (unpaired) electrons. The quantitative estimate of drug-likeness (QED) is 0.161. The molecule has 348 valence electrons. The van der Waals surface area contributed by atoms with E-state index in [0.717, 1.165) is 100 Å². The van der Waals surface area contributed by atoms with Crippen molar-refractivity contribution in [3.8, 4) is 11.1 Å². The summed E-state index contributed by atoms with van der Waals surface area (Å²) >= 11 is 0. The van der Waals surface area contributed by atoms with Gasteiger partial charge in [0.15, 0.2) is 11.4 Å². The number of benzene rings is 10. The normalized spacial score (nSPS) is 15.4. The van der Waals surface area contributed by atoms with Gasteiger partial charge in [0.2, 0.25) is 0 Å². The van der Waals surface area contributed by atoms with Crippen LogP contribution in [-0.2, 0) is 12.0 Å². The maximum Gasteiger partial charge on any atom is 0.177 e. The van der Waals surface area contributed by atoms with Crippen LogP contribution in [-0.4, -0.2) is 19.9 Å². The van der Waals surface area contributed by atoms with E-state index in [0.29, 0.717) is 5.82 Å². The van der Waals surface area contributed by atoms with Crippen molar-refractivity contribution in [3.05, 3.63) is 289 Å². The molecule has 1 unspecified atom stereocenters. The van der Waals surface area contributed by atoms with Gasteiger partial charge in [-0.15, -0.1) is 0 Å².